The first-order valence-corrected chi connectivity index (χ1v) is 11.5. The third-order valence-electron chi connectivity index (χ3n) is 2.66. The van der Waals surface area contributed by atoms with Gasteiger partial charge >= 0.3 is 37.2 Å². The first-order chi connectivity index (χ1) is 9.80. The Hall–Kier alpha value is 1.95. The molecule has 1 fully saturated rings. The van der Waals surface area contributed by atoms with Gasteiger partial charge in [0.2, 0.25) is 0 Å². The molecule has 7 nitrogen and oxygen atoms in total. The van der Waals surface area contributed by atoms with Crippen LogP contribution in [0.1, 0.15) is 6.42 Å². The summed E-state index contributed by atoms with van der Waals surface area (Å²) in [6, 6.07) is 0. The minimum atomic E-state index is -4.23. The molecule has 0 radical (unpaired) electrons. The number of hydrogen-bond acceptors (Lipinski definition) is 6. The second kappa shape index (κ2) is 11.5. The smallest absolute Gasteiger partial charge is 0.748 e. The Labute approximate surface area is 167 Å². The fourth-order valence-corrected chi connectivity index (χ4v) is 6.78. The van der Waals surface area contributed by atoms with E-state index in [0.717, 1.165) is 0 Å². The van der Waals surface area contributed by atoms with E-state index in [2.05, 4.69) is 5.09 Å². The van der Waals surface area contributed by atoms with Crippen LogP contribution in [0.4, 0.5) is 0 Å². The van der Waals surface area contributed by atoms with Crippen molar-refractivity contribution in [2.45, 2.75) is 11.8 Å². The first-order valence-electron chi connectivity index (χ1n) is 6.25. The zero-order valence-electron chi connectivity index (χ0n) is 12.2. The predicted octanol–water partition coefficient (Wildman–Crippen LogP) is -1.51. The molecule has 1 rings (SSSR count). The predicted molar refractivity (Wildman–Crippen MR) is 85.1 cm³/mol. The molecule has 0 aromatic heterocycles. The molecular weight excluding hydrogens is 405 g/mol. The van der Waals surface area contributed by atoms with Crippen molar-refractivity contribution < 1.29 is 51.6 Å². The van der Waals surface area contributed by atoms with E-state index in [1.54, 1.807) is 4.67 Å². The molecule has 1 heterocycles. The molecule has 126 valence electrons. The molecular formula is C9H18Cl2N2NaO5PS2. The van der Waals surface area contributed by atoms with Crippen LogP contribution in [0.2, 0.25) is 0 Å². The third-order valence-corrected chi connectivity index (χ3v) is 7.65. The van der Waals surface area contributed by atoms with Gasteiger partial charge < -0.3 is 9.08 Å². The van der Waals surface area contributed by atoms with Crippen LogP contribution in [0, 0.1) is 0 Å². The molecule has 1 aliphatic rings. The fraction of sp³-hybridized carbons (Fsp3) is 1.00. The van der Waals surface area contributed by atoms with Gasteiger partial charge in [-0.05, 0) is 6.42 Å². The normalized spacial score (nSPS) is 25.9. The Kier molecular flexibility index (Phi) is 12.6. The summed E-state index contributed by atoms with van der Waals surface area (Å²) in [6.45, 7) is 1.02. The van der Waals surface area contributed by atoms with E-state index in [9.17, 15) is 17.5 Å². The van der Waals surface area contributed by atoms with Crippen molar-refractivity contribution in [2.75, 3.05) is 43.0 Å². The molecule has 0 aromatic carbocycles. The van der Waals surface area contributed by atoms with Gasteiger partial charge in [-0.25, -0.2) is 18.2 Å². The quantitative estimate of drug-likeness (QED) is 0.207. The van der Waals surface area contributed by atoms with Crippen molar-refractivity contribution in [1.29, 1.82) is 0 Å². The van der Waals surface area contributed by atoms with Gasteiger partial charge in [-0.15, -0.1) is 35.0 Å². The van der Waals surface area contributed by atoms with Gasteiger partial charge in [0.1, 0.15) is 0 Å². The Balaban J connectivity index is 0.00000441. The number of halogens is 2. The van der Waals surface area contributed by atoms with E-state index in [0.29, 0.717) is 19.5 Å². The molecule has 1 aliphatic heterocycles. The maximum atomic E-state index is 12.8. The van der Waals surface area contributed by atoms with Crippen molar-refractivity contribution in [3.63, 3.8) is 0 Å². The van der Waals surface area contributed by atoms with Crippen LogP contribution in [0.25, 0.3) is 0 Å². The zero-order chi connectivity index (χ0) is 15.9. The average molecular weight is 423 g/mol. The molecule has 0 aliphatic carbocycles. The average Bonchev–Trinajstić information content (AvgIpc) is 2.37. The number of nitrogens with zero attached hydrogens (tertiary/aromatic N) is 1. The van der Waals surface area contributed by atoms with Gasteiger partial charge in [-0.1, -0.05) is 0 Å². The SMILES string of the molecule is O=[P@]1(N(CCCl)CCCl)N[C@H](SCCS(=O)(=O)[O-])CCO1.[Na+]. The molecule has 0 unspecified atom stereocenters. The number of nitrogens with one attached hydrogen (secondary N) is 1. The number of hydrogen-bond donors (Lipinski definition) is 1. The van der Waals surface area contributed by atoms with E-state index in [-0.39, 0.29) is 59.1 Å². The Morgan fingerprint density at radius 3 is 2.45 bits per heavy atom. The molecule has 22 heavy (non-hydrogen) atoms. The summed E-state index contributed by atoms with van der Waals surface area (Å²) in [6.07, 6.45) is 0.573. The summed E-state index contributed by atoms with van der Waals surface area (Å²) in [5.41, 5.74) is 0. The summed E-state index contributed by atoms with van der Waals surface area (Å²) in [4.78, 5) is 0. The number of rotatable bonds is 9. The molecule has 2 atom stereocenters. The van der Waals surface area contributed by atoms with Crippen molar-refractivity contribution in [3.05, 3.63) is 0 Å². The van der Waals surface area contributed by atoms with E-state index >= 15 is 0 Å². The van der Waals surface area contributed by atoms with Crippen molar-refractivity contribution in [3.8, 4) is 0 Å². The van der Waals surface area contributed by atoms with Gasteiger partial charge in [0.25, 0.3) is 0 Å². The van der Waals surface area contributed by atoms with Crippen molar-refractivity contribution >= 4 is 52.8 Å². The minimum Gasteiger partial charge on any atom is -0.748 e. The molecule has 1 saturated heterocycles. The van der Waals surface area contributed by atoms with Gasteiger partial charge in [0.15, 0.2) is 0 Å². The first kappa shape index (κ1) is 23.9. The Morgan fingerprint density at radius 2 is 1.95 bits per heavy atom. The summed E-state index contributed by atoms with van der Waals surface area (Å²) >= 11 is 12.6. The standard InChI is InChI=1S/C9H19Cl2N2O5PS2.Na/c10-2-4-13(5-3-11)19(14)12-9(1-6-18-19)20-7-8-21(15,16)17;/h9H,1-8H2,(H,12,14)(H,15,16,17);/q;+1/p-1/t9-,19-;/m1./s1. The molecule has 0 bridgehead atoms. The van der Waals surface area contributed by atoms with Crippen LogP contribution in [-0.4, -0.2) is 66.0 Å². The van der Waals surface area contributed by atoms with Gasteiger partial charge in [-0.3, -0.25) is 4.57 Å². The topological polar surface area (TPSA) is 98.8 Å². The van der Waals surface area contributed by atoms with Gasteiger partial charge in [-0.2, -0.15) is 0 Å². The molecule has 0 saturated carbocycles. The fourth-order valence-electron chi connectivity index (χ4n) is 1.71. The van der Waals surface area contributed by atoms with Gasteiger partial charge in [0, 0.05) is 36.4 Å². The third kappa shape index (κ3) is 8.87. The molecule has 0 spiro atoms. The van der Waals surface area contributed by atoms with Crippen LogP contribution >= 0.6 is 42.6 Å². The van der Waals surface area contributed by atoms with Crippen molar-refractivity contribution in [2.24, 2.45) is 0 Å². The minimum absolute atomic E-state index is 0. The van der Waals surface area contributed by atoms with Crippen LogP contribution in [0.15, 0.2) is 0 Å². The Bertz CT molecular complexity index is 467. The van der Waals surface area contributed by atoms with Gasteiger partial charge in [0.05, 0.1) is 22.1 Å². The second-order valence-electron chi connectivity index (χ2n) is 4.22. The summed E-state index contributed by atoms with van der Waals surface area (Å²) in [5.74, 6) is 0.277. The molecule has 0 aromatic rings. The van der Waals surface area contributed by atoms with E-state index in [1.807, 2.05) is 0 Å². The molecule has 13 heteroatoms. The zero-order valence-corrected chi connectivity index (χ0v) is 18.3. The van der Waals surface area contributed by atoms with Crippen LogP contribution in [0.3, 0.4) is 0 Å². The maximum Gasteiger partial charge on any atom is 1.00 e. The maximum absolute atomic E-state index is 12.8. The van der Waals surface area contributed by atoms with E-state index < -0.39 is 23.5 Å². The summed E-state index contributed by atoms with van der Waals surface area (Å²) in [5, 5.41) is 2.66. The summed E-state index contributed by atoms with van der Waals surface area (Å²) in [7, 11) is -7.46. The van der Waals surface area contributed by atoms with Crippen molar-refractivity contribution in [1.82, 2.24) is 9.76 Å². The molecule has 0 amide bonds. The number of thioether (sulfide) groups is 1. The van der Waals surface area contributed by atoms with Crippen LogP contribution < -0.4 is 34.6 Å². The second-order valence-corrected chi connectivity index (χ2v) is 9.94. The van der Waals surface area contributed by atoms with E-state index in [1.165, 1.54) is 11.8 Å². The van der Waals surface area contributed by atoms with Crippen LogP contribution in [-0.2, 0) is 19.2 Å². The largest absolute Gasteiger partial charge is 1.00 e. The monoisotopic (exact) mass is 422 g/mol. The summed E-state index contributed by atoms with van der Waals surface area (Å²) < 4.78 is 51.4. The van der Waals surface area contributed by atoms with Crippen LogP contribution in [0.5, 0.6) is 0 Å². The molecule has 1 N–H and O–H groups in total. The van der Waals surface area contributed by atoms with E-state index in [4.69, 9.17) is 27.7 Å². The number of alkyl halides is 2. The Morgan fingerprint density at radius 1 is 1.36 bits per heavy atom.